The number of allylic oxidation sites excluding steroid dienone is 10. The van der Waals surface area contributed by atoms with E-state index in [2.05, 4.69) is 155 Å². The third-order valence-corrected chi connectivity index (χ3v) is 40.3. The maximum atomic E-state index is 6.16. The molecule has 8 rings (SSSR count). The topological polar surface area (TPSA) is 0 Å². The fraction of sp³-hybridized carbons (Fsp3) is 0.549. The van der Waals surface area contributed by atoms with Crippen LogP contribution in [0.15, 0.2) is 104 Å². The van der Waals surface area contributed by atoms with E-state index >= 15 is 0 Å². The van der Waals surface area contributed by atoms with Crippen molar-refractivity contribution in [3.05, 3.63) is 116 Å². The molecular weight excluding hydrogens is 704 g/mol. The Morgan fingerprint density at radius 2 is 1.44 bits per heavy atom. The normalized spacial score (nSPS) is 32.8. The van der Waals surface area contributed by atoms with E-state index in [4.69, 9.17) is 4.21 Å². The van der Waals surface area contributed by atoms with Crippen molar-refractivity contribution in [2.75, 3.05) is 0 Å². The van der Waals surface area contributed by atoms with Crippen molar-refractivity contribution in [1.29, 1.82) is 0 Å². The van der Waals surface area contributed by atoms with Crippen LogP contribution in [0.3, 0.4) is 0 Å². The minimum atomic E-state index is -4.84. The van der Waals surface area contributed by atoms with Crippen molar-refractivity contribution in [3.63, 3.8) is 0 Å². The van der Waals surface area contributed by atoms with Gasteiger partial charge in [-0.05, 0) is 0 Å². The Labute approximate surface area is 318 Å². The molecule has 0 amide bonds. The molecule has 0 aliphatic heterocycles. The number of rotatable bonds is 5. The van der Waals surface area contributed by atoms with Crippen molar-refractivity contribution in [2.45, 2.75) is 135 Å². The summed E-state index contributed by atoms with van der Waals surface area (Å²) in [6, 6.07) is 21.5. The molecule has 0 bridgehead atoms. The van der Waals surface area contributed by atoms with Gasteiger partial charge >= 0.3 is 321 Å². The molecule has 4 atom stereocenters. The van der Waals surface area contributed by atoms with Gasteiger partial charge in [0.15, 0.2) is 0 Å². The molecule has 0 aromatic heterocycles. The fourth-order valence-electron chi connectivity index (χ4n) is 14.8. The number of fused-ring (bicyclic) bond motifs is 6. The first-order valence-electron chi connectivity index (χ1n) is 21.1. The van der Waals surface area contributed by atoms with Gasteiger partial charge < -0.3 is 0 Å². The van der Waals surface area contributed by atoms with E-state index in [1.165, 1.54) is 56.1 Å². The Kier molecular flexibility index (Phi) is 8.13. The van der Waals surface area contributed by atoms with Gasteiger partial charge in [0.05, 0.1) is 0 Å². The van der Waals surface area contributed by atoms with E-state index in [0.29, 0.717) is 11.8 Å². The second-order valence-electron chi connectivity index (χ2n) is 20.8. The van der Waals surface area contributed by atoms with Crippen molar-refractivity contribution in [1.82, 2.24) is 0 Å². The van der Waals surface area contributed by atoms with Gasteiger partial charge in [0.1, 0.15) is 0 Å². The van der Waals surface area contributed by atoms with Gasteiger partial charge in [0, 0.05) is 0 Å². The number of hydrogen-bond acceptors (Lipinski definition) is 0. The SMILES string of the molecule is [CH2]=[Zr]([CH2]C)([C]1=CC(C2(C)CCCCC2)=CC1C)([c]1ccccc1)[C]1(C)C2=C3Cc4ccccc4C3=C3C=CCCC3C2(C)C(C)(C)C(C)(C)C1(C)C. The second kappa shape index (κ2) is 11.5. The van der Waals surface area contributed by atoms with Crippen molar-refractivity contribution >= 4 is 13.1 Å². The van der Waals surface area contributed by atoms with Crippen LogP contribution in [-0.4, -0.2) is 4.21 Å². The molecule has 6 aliphatic carbocycles. The number of hydrogen-bond donors (Lipinski definition) is 0. The van der Waals surface area contributed by atoms with Crippen molar-refractivity contribution < 1.29 is 18.3 Å². The van der Waals surface area contributed by atoms with Gasteiger partial charge in [0.2, 0.25) is 0 Å². The molecule has 0 nitrogen and oxygen atoms in total. The van der Waals surface area contributed by atoms with Crippen LogP contribution >= 0.6 is 0 Å². The summed E-state index contributed by atoms with van der Waals surface area (Å²) in [7, 11) is 0. The fourth-order valence-corrected chi connectivity index (χ4v) is 35.7. The van der Waals surface area contributed by atoms with Crippen LogP contribution in [0.2, 0.25) is 7.25 Å². The molecular formula is C51H68Zr. The summed E-state index contributed by atoms with van der Waals surface area (Å²) >= 11 is -4.84. The second-order valence-corrected chi connectivity index (χ2v) is 36.1. The van der Waals surface area contributed by atoms with Gasteiger partial charge in [-0.15, -0.1) is 0 Å². The first-order valence-corrected chi connectivity index (χ1v) is 28.3. The van der Waals surface area contributed by atoms with Gasteiger partial charge in [0.25, 0.3) is 0 Å². The zero-order valence-corrected chi connectivity index (χ0v) is 37.2. The van der Waals surface area contributed by atoms with E-state index in [9.17, 15) is 0 Å². The van der Waals surface area contributed by atoms with Crippen LogP contribution in [0.4, 0.5) is 0 Å². The summed E-state index contributed by atoms with van der Waals surface area (Å²) in [6.07, 6.45) is 20.8. The number of benzene rings is 2. The van der Waals surface area contributed by atoms with Gasteiger partial charge in [-0.2, -0.15) is 0 Å². The third kappa shape index (κ3) is 4.02. The summed E-state index contributed by atoms with van der Waals surface area (Å²) in [5.74, 6) is 0.874. The van der Waals surface area contributed by atoms with E-state index in [1.807, 2.05) is 5.57 Å². The molecule has 2 saturated carbocycles. The monoisotopic (exact) mass is 770 g/mol. The predicted octanol–water partition coefficient (Wildman–Crippen LogP) is 13.9. The Hall–Kier alpha value is -2.11. The summed E-state index contributed by atoms with van der Waals surface area (Å²) < 4.78 is 10.5. The predicted molar refractivity (Wildman–Crippen MR) is 224 cm³/mol. The van der Waals surface area contributed by atoms with Gasteiger partial charge in [-0.1, -0.05) is 0 Å². The minimum absolute atomic E-state index is 0.00747. The molecule has 2 aromatic rings. The molecule has 0 spiro atoms. The zero-order valence-electron chi connectivity index (χ0n) is 34.7. The first kappa shape index (κ1) is 36.8. The average molecular weight is 772 g/mol. The van der Waals surface area contributed by atoms with Crippen molar-refractivity contribution in [2.24, 2.45) is 38.9 Å². The molecule has 276 valence electrons. The quantitative estimate of drug-likeness (QED) is 0.284. The van der Waals surface area contributed by atoms with Crippen LogP contribution in [-0.2, 0) is 24.7 Å². The van der Waals surface area contributed by atoms with E-state index < -0.39 is 18.3 Å². The molecule has 1 heteroatoms. The summed E-state index contributed by atoms with van der Waals surface area (Å²) in [5.41, 5.74) is 11.6. The van der Waals surface area contributed by atoms with Crippen LogP contribution in [0.5, 0.6) is 0 Å². The summed E-state index contributed by atoms with van der Waals surface area (Å²) in [4.78, 5) is 0. The van der Waals surface area contributed by atoms with E-state index in [0.717, 1.165) is 10.5 Å². The molecule has 2 fully saturated rings. The Morgan fingerprint density at radius 3 is 2.12 bits per heavy atom. The van der Waals surface area contributed by atoms with Gasteiger partial charge in [-0.25, -0.2) is 0 Å². The Balaban J connectivity index is 1.57. The summed E-state index contributed by atoms with van der Waals surface area (Å²) in [5, 5.41) is 0. The Bertz CT molecular complexity index is 2060. The van der Waals surface area contributed by atoms with Gasteiger partial charge in [-0.3, -0.25) is 0 Å². The standard InChI is InChI=1S/C29H37.C13H19.C6H5.C2H5.CH2.Zr/c1-18-25-22-17-19-13-9-10-14-20(19)24(22)21-15-11-12-16-23(21)29(25,8)28(6,7)27(4,5)26(18,2)3;1-11-6-7-12(10-11)13(2)8-4-3-5-9-13;1-2-4-6-5-3-1;1-2;;/h9-11,13-15,23H,12,16-17H2,1-8H3;7,10-11H,3-5,8-9H2,1-2H3;1-5H;1H2,2H3;1H2;. The van der Waals surface area contributed by atoms with Crippen molar-refractivity contribution in [3.8, 4) is 0 Å². The molecule has 0 N–H and O–H groups in total. The van der Waals surface area contributed by atoms with Crippen LogP contribution in [0, 0.1) is 38.9 Å². The molecule has 0 heterocycles. The molecule has 2 aromatic carbocycles. The molecule has 0 saturated heterocycles. The Morgan fingerprint density at radius 1 is 0.788 bits per heavy atom. The molecule has 4 unspecified atom stereocenters. The third-order valence-electron chi connectivity index (χ3n) is 19.3. The first-order chi connectivity index (χ1) is 24.4. The molecule has 52 heavy (non-hydrogen) atoms. The summed E-state index contributed by atoms with van der Waals surface area (Å²) in [6.45, 7) is 29.5. The van der Waals surface area contributed by atoms with Crippen LogP contribution in [0.25, 0.3) is 5.57 Å². The van der Waals surface area contributed by atoms with Crippen LogP contribution in [0.1, 0.15) is 132 Å². The maximum absolute atomic E-state index is 6.16. The molecule has 6 aliphatic rings. The average Bonchev–Trinajstić information content (AvgIpc) is 3.73. The zero-order chi connectivity index (χ0) is 37.4. The van der Waals surface area contributed by atoms with E-state index in [-0.39, 0.29) is 30.2 Å². The van der Waals surface area contributed by atoms with E-state index in [1.54, 1.807) is 28.8 Å². The van der Waals surface area contributed by atoms with Crippen LogP contribution < -0.4 is 3.27 Å². The molecule has 0 radical (unpaired) electrons.